The molecule has 1 aromatic heterocycles. The van der Waals surface area contributed by atoms with Gasteiger partial charge in [0.25, 0.3) is 0 Å². The molecule has 4 heteroatoms. The predicted octanol–water partition coefficient (Wildman–Crippen LogP) is 1.92. The normalized spacial score (nSPS) is 10.5. The van der Waals surface area contributed by atoms with Gasteiger partial charge in [0, 0.05) is 10.8 Å². The molecule has 1 heterocycles. The van der Waals surface area contributed by atoms with Gasteiger partial charge in [-0.15, -0.1) is 0 Å². The number of carboxylic acids is 1. The van der Waals surface area contributed by atoms with Crippen LogP contribution >= 0.6 is 11.5 Å². The lowest BCUT2D eigenvalue weighted by Gasteiger charge is -1.96. The second-order valence-electron chi connectivity index (χ2n) is 2.74. The zero-order chi connectivity index (χ0) is 9.26. The minimum atomic E-state index is -0.819. The van der Waals surface area contributed by atoms with Crippen molar-refractivity contribution in [2.24, 2.45) is 0 Å². The van der Waals surface area contributed by atoms with Crippen LogP contribution in [0.4, 0.5) is 0 Å². The number of nitrogens with zero attached hydrogens (tertiary/aromatic N) is 1. The first-order chi connectivity index (χ1) is 6.27. The maximum atomic E-state index is 10.5. The third-order valence-corrected chi connectivity index (χ3v) is 2.46. The smallest absolute Gasteiger partial charge is 0.307 e. The van der Waals surface area contributed by atoms with Crippen molar-refractivity contribution in [1.82, 2.24) is 4.37 Å². The molecular weight excluding hydrogens is 186 g/mol. The van der Waals surface area contributed by atoms with Gasteiger partial charge in [0.1, 0.15) is 0 Å². The maximum absolute atomic E-state index is 10.5. The first-order valence-corrected chi connectivity index (χ1v) is 4.65. The number of hydrogen-bond donors (Lipinski definition) is 1. The van der Waals surface area contributed by atoms with Gasteiger partial charge in [0.05, 0.1) is 11.9 Å². The molecule has 0 aliphatic rings. The third kappa shape index (κ3) is 1.53. The van der Waals surface area contributed by atoms with E-state index in [9.17, 15) is 4.79 Å². The Morgan fingerprint density at radius 3 is 3.15 bits per heavy atom. The molecule has 0 spiro atoms. The molecule has 0 unspecified atom stereocenters. The minimum Gasteiger partial charge on any atom is -0.481 e. The Hall–Kier alpha value is -1.42. The SMILES string of the molecule is O=C(O)Cc1cccc2csnc12. The van der Waals surface area contributed by atoms with Crippen LogP contribution in [-0.2, 0) is 11.2 Å². The Morgan fingerprint density at radius 1 is 1.54 bits per heavy atom. The molecule has 0 fully saturated rings. The van der Waals surface area contributed by atoms with Gasteiger partial charge in [0.2, 0.25) is 0 Å². The number of aromatic nitrogens is 1. The van der Waals surface area contributed by atoms with E-state index in [2.05, 4.69) is 4.37 Å². The number of fused-ring (bicyclic) bond motifs is 1. The highest BCUT2D eigenvalue weighted by atomic mass is 32.1. The van der Waals surface area contributed by atoms with Gasteiger partial charge in [-0.05, 0) is 17.1 Å². The van der Waals surface area contributed by atoms with Crippen molar-refractivity contribution in [1.29, 1.82) is 0 Å². The van der Waals surface area contributed by atoms with Gasteiger partial charge in [-0.1, -0.05) is 18.2 Å². The molecule has 0 amide bonds. The summed E-state index contributed by atoms with van der Waals surface area (Å²) >= 11 is 1.35. The molecule has 0 radical (unpaired) electrons. The summed E-state index contributed by atoms with van der Waals surface area (Å²) in [7, 11) is 0. The fourth-order valence-electron chi connectivity index (χ4n) is 1.26. The summed E-state index contributed by atoms with van der Waals surface area (Å²) in [4.78, 5) is 10.5. The highest BCUT2D eigenvalue weighted by molar-refractivity contribution is 7.04. The van der Waals surface area contributed by atoms with Gasteiger partial charge < -0.3 is 5.11 Å². The largest absolute Gasteiger partial charge is 0.481 e. The van der Waals surface area contributed by atoms with E-state index in [1.54, 1.807) is 6.07 Å². The summed E-state index contributed by atoms with van der Waals surface area (Å²) in [6.07, 6.45) is 0.0427. The van der Waals surface area contributed by atoms with Gasteiger partial charge in [-0.25, -0.2) is 0 Å². The number of benzene rings is 1. The minimum absolute atomic E-state index is 0.0427. The first-order valence-electron chi connectivity index (χ1n) is 3.81. The molecule has 13 heavy (non-hydrogen) atoms. The Bertz CT molecular complexity index is 450. The zero-order valence-corrected chi connectivity index (χ0v) is 7.54. The standard InChI is InChI=1S/C9H7NO2S/c11-8(12)4-6-2-1-3-7-5-13-10-9(6)7/h1-3,5H,4H2,(H,11,12). The molecule has 0 atom stereocenters. The number of carboxylic acid groups (broad SMARTS) is 1. The molecule has 3 nitrogen and oxygen atoms in total. The fourth-order valence-corrected chi connectivity index (χ4v) is 1.94. The van der Waals surface area contributed by atoms with Crippen LogP contribution in [-0.4, -0.2) is 15.4 Å². The molecule has 2 aromatic rings. The molecule has 0 saturated carbocycles. The van der Waals surface area contributed by atoms with Gasteiger partial charge >= 0.3 is 5.97 Å². The summed E-state index contributed by atoms with van der Waals surface area (Å²) < 4.78 is 4.15. The molecule has 0 saturated heterocycles. The topological polar surface area (TPSA) is 50.2 Å². The fraction of sp³-hybridized carbons (Fsp3) is 0.111. The van der Waals surface area contributed by atoms with E-state index in [1.807, 2.05) is 17.5 Å². The lowest BCUT2D eigenvalue weighted by Crippen LogP contribution is -2.00. The van der Waals surface area contributed by atoms with E-state index in [0.29, 0.717) is 0 Å². The average molecular weight is 193 g/mol. The van der Waals surface area contributed by atoms with Gasteiger partial charge in [-0.2, -0.15) is 4.37 Å². The van der Waals surface area contributed by atoms with Crippen LogP contribution in [0.5, 0.6) is 0 Å². The summed E-state index contributed by atoms with van der Waals surface area (Å²) in [6, 6.07) is 5.59. The molecule has 1 N–H and O–H groups in total. The number of carbonyl (C=O) groups is 1. The molecule has 2 rings (SSSR count). The Kier molecular flexibility index (Phi) is 1.98. The van der Waals surface area contributed by atoms with E-state index in [-0.39, 0.29) is 6.42 Å². The van der Waals surface area contributed by atoms with E-state index in [0.717, 1.165) is 16.5 Å². The monoisotopic (exact) mass is 193 g/mol. The molecule has 66 valence electrons. The first kappa shape index (κ1) is 8.19. The van der Waals surface area contributed by atoms with E-state index in [1.165, 1.54) is 11.5 Å². The number of rotatable bonds is 2. The van der Waals surface area contributed by atoms with E-state index < -0.39 is 5.97 Å². The molecule has 1 aromatic carbocycles. The Morgan fingerprint density at radius 2 is 2.38 bits per heavy atom. The average Bonchev–Trinajstić information content (AvgIpc) is 2.51. The summed E-state index contributed by atoms with van der Waals surface area (Å²) in [5, 5.41) is 11.6. The summed E-state index contributed by atoms with van der Waals surface area (Å²) in [6.45, 7) is 0. The second-order valence-corrected chi connectivity index (χ2v) is 3.37. The van der Waals surface area contributed by atoms with Crippen LogP contribution in [0.25, 0.3) is 10.9 Å². The number of aliphatic carboxylic acids is 1. The maximum Gasteiger partial charge on any atom is 0.307 e. The highest BCUT2D eigenvalue weighted by Crippen LogP contribution is 2.19. The molecule has 0 aliphatic heterocycles. The lowest BCUT2D eigenvalue weighted by atomic mass is 10.1. The third-order valence-electron chi connectivity index (χ3n) is 1.82. The van der Waals surface area contributed by atoms with E-state index in [4.69, 9.17) is 5.11 Å². The van der Waals surface area contributed by atoms with Crippen LogP contribution in [0.1, 0.15) is 5.56 Å². The lowest BCUT2D eigenvalue weighted by molar-refractivity contribution is -0.136. The number of hydrogen-bond acceptors (Lipinski definition) is 3. The van der Waals surface area contributed by atoms with Crippen LogP contribution in [0.2, 0.25) is 0 Å². The molecular formula is C9H7NO2S. The zero-order valence-electron chi connectivity index (χ0n) is 6.73. The van der Waals surface area contributed by atoms with Crippen molar-refractivity contribution >= 4 is 28.4 Å². The van der Waals surface area contributed by atoms with Crippen LogP contribution in [0.3, 0.4) is 0 Å². The van der Waals surface area contributed by atoms with Crippen molar-refractivity contribution in [3.8, 4) is 0 Å². The molecule has 0 aliphatic carbocycles. The summed E-state index contributed by atoms with van der Waals surface area (Å²) in [5.74, 6) is -0.819. The van der Waals surface area contributed by atoms with Crippen LogP contribution < -0.4 is 0 Å². The molecule has 0 bridgehead atoms. The van der Waals surface area contributed by atoms with Crippen molar-refractivity contribution in [2.75, 3.05) is 0 Å². The Labute approximate surface area is 78.8 Å². The van der Waals surface area contributed by atoms with Gasteiger partial charge in [-0.3, -0.25) is 4.79 Å². The quantitative estimate of drug-likeness (QED) is 0.792. The van der Waals surface area contributed by atoms with Crippen LogP contribution in [0, 0.1) is 0 Å². The predicted molar refractivity (Wildman–Crippen MR) is 51.0 cm³/mol. The summed E-state index contributed by atoms with van der Waals surface area (Å²) in [5.41, 5.74) is 1.60. The van der Waals surface area contributed by atoms with Crippen LogP contribution in [0.15, 0.2) is 23.6 Å². The van der Waals surface area contributed by atoms with Crippen molar-refractivity contribution in [3.05, 3.63) is 29.1 Å². The van der Waals surface area contributed by atoms with Gasteiger partial charge in [0.15, 0.2) is 0 Å². The van der Waals surface area contributed by atoms with E-state index >= 15 is 0 Å². The van der Waals surface area contributed by atoms with Crippen molar-refractivity contribution in [2.45, 2.75) is 6.42 Å². The highest BCUT2D eigenvalue weighted by Gasteiger charge is 2.06. The van der Waals surface area contributed by atoms with Crippen molar-refractivity contribution < 1.29 is 9.90 Å². The second kappa shape index (κ2) is 3.14. The van der Waals surface area contributed by atoms with Crippen molar-refractivity contribution in [3.63, 3.8) is 0 Å². The Balaban J connectivity index is 2.54.